The Labute approximate surface area is 102 Å². The summed E-state index contributed by atoms with van der Waals surface area (Å²) in [7, 11) is 0. The Morgan fingerprint density at radius 1 is 0.882 bits per heavy atom. The number of phenols is 1. The van der Waals surface area contributed by atoms with Crippen LogP contribution in [0.1, 0.15) is 11.1 Å². The van der Waals surface area contributed by atoms with Gasteiger partial charge in [-0.15, -0.1) is 0 Å². The van der Waals surface area contributed by atoms with E-state index in [4.69, 9.17) is 0 Å². The van der Waals surface area contributed by atoms with Crippen molar-refractivity contribution in [3.05, 3.63) is 65.7 Å². The lowest BCUT2D eigenvalue weighted by atomic mass is 10.1. The van der Waals surface area contributed by atoms with E-state index in [0.29, 0.717) is 5.75 Å². The largest absolute Gasteiger partial charge is 0.508 e. The quantitative estimate of drug-likeness (QED) is 0.770. The van der Waals surface area contributed by atoms with Crippen LogP contribution in [0.4, 0.5) is 0 Å². The molecule has 0 bridgehead atoms. The summed E-state index contributed by atoms with van der Waals surface area (Å²) >= 11 is 0. The average Bonchev–Trinajstić information content (AvgIpc) is 2.36. The summed E-state index contributed by atoms with van der Waals surface area (Å²) < 4.78 is 0. The van der Waals surface area contributed by atoms with E-state index in [0.717, 1.165) is 25.1 Å². The van der Waals surface area contributed by atoms with Crippen LogP contribution in [-0.4, -0.2) is 11.7 Å². The standard InChI is InChI=1S/C15H17NO/c17-15-8-4-7-13(11-15)9-10-16-12-14-5-2-1-3-6-14/h1-8,11,16-17H,9-10,12H2. The van der Waals surface area contributed by atoms with Crippen molar-refractivity contribution in [2.24, 2.45) is 0 Å². The minimum Gasteiger partial charge on any atom is -0.508 e. The van der Waals surface area contributed by atoms with Crippen molar-refractivity contribution in [1.29, 1.82) is 0 Å². The SMILES string of the molecule is Oc1cccc(CCNCc2ccccc2)c1. The number of hydrogen-bond acceptors (Lipinski definition) is 2. The highest BCUT2D eigenvalue weighted by Crippen LogP contribution is 2.10. The van der Waals surface area contributed by atoms with E-state index in [1.54, 1.807) is 6.07 Å². The zero-order valence-electron chi connectivity index (χ0n) is 9.76. The molecule has 0 atom stereocenters. The van der Waals surface area contributed by atoms with Crippen molar-refractivity contribution in [2.45, 2.75) is 13.0 Å². The summed E-state index contributed by atoms with van der Waals surface area (Å²) in [5.41, 5.74) is 2.45. The van der Waals surface area contributed by atoms with Crippen LogP contribution >= 0.6 is 0 Å². The fourth-order valence-corrected chi connectivity index (χ4v) is 1.77. The molecule has 0 aromatic heterocycles. The molecule has 0 radical (unpaired) electrons. The minimum absolute atomic E-state index is 0.338. The number of aromatic hydroxyl groups is 1. The molecule has 0 spiro atoms. The molecule has 2 rings (SSSR count). The van der Waals surface area contributed by atoms with Crippen LogP contribution in [0.5, 0.6) is 5.75 Å². The zero-order valence-corrected chi connectivity index (χ0v) is 9.76. The summed E-state index contributed by atoms with van der Waals surface area (Å²) in [6.07, 6.45) is 0.932. The number of hydrogen-bond donors (Lipinski definition) is 2. The molecule has 2 nitrogen and oxygen atoms in total. The van der Waals surface area contributed by atoms with Crippen molar-refractivity contribution in [1.82, 2.24) is 5.32 Å². The van der Waals surface area contributed by atoms with Crippen molar-refractivity contribution >= 4 is 0 Å². The summed E-state index contributed by atoms with van der Waals surface area (Å²) in [6.45, 7) is 1.80. The first-order valence-corrected chi connectivity index (χ1v) is 5.87. The molecule has 0 aliphatic heterocycles. The highest BCUT2D eigenvalue weighted by atomic mass is 16.3. The van der Waals surface area contributed by atoms with Crippen molar-refractivity contribution in [2.75, 3.05) is 6.54 Å². The molecule has 88 valence electrons. The van der Waals surface area contributed by atoms with Crippen molar-refractivity contribution < 1.29 is 5.11 Å². The van der Waals surface area contributed by atoms with Crippen LogP contribution in [0.3, 0.4) is 0 Å². The van der Waals surface area contributed by atoms with Crippen LogP contribution in [0.25, 0.3) is 0 Å². The van der Waals surface area contributed by atoms with E-state index in [-0.39, 0.29) is 0 Å². The highest BCUT2D eigenvalue weighted by Gasteiger charge is 1.95. The lowest BCUT2D eigenvalue weighted by molar-refractivity contribution is 0.474. The van der Waals surface area contributed by atoms with Gasteiger partial charge in [-0.25, -0.2) is 0 Å². The maximum absolute atomic E-state index is 9.33. The predicted octanol–water partition coefficient (Wildman–Crippen LogP) is 2.72. The number of benzene rings is 2. The monoisotopic (exact) mass is 227 g/mol. The number of nitrogens with one attached hydrogen (secondary N) is 1. The van der Waals surface area contributed by atoms with Gasteiger partial charge in [0.1, 0.15) is 5.75 Å². The second kappa shape index (κ2) is 6.06. The van der Waals surface area contributed by atoms with Crippen molar-refractivity contribution in [3.8, 4) is 5.75 Å². The molecule has 0 unspecified atom stereocenters. The lowest BCUT2D eigenvalue weighted by Gasteiger charge is -2.05. The Morgan fingerprint density at radius 3 is 2.41 bits per heavy atom. The van der Waals surface area contributed by atoms with E-state index in [1.165, 1.54) is 5.56 Å². The lowest BCUT2D eigenvalue weighted by Crippen LogP contribution is -2.16. The second-order valence-electron chi connectivity index (χ2n) is 4.08. The number of phenolic OH excluding ortho intramolecular Hbond substituents is 1. The third-order valence-corrected chi connectivity index (χ3v) is 2.67. The van der Waals surface area contributed by atoms with Crippen LogP contribution in [0.15, 0.2) is 54.6 Å². The molecule has 0 saturated carbocycles. The Balaban J connectivity index is 1.73. The molecule has 0 heterocycles. The van der Waals surface area contributed by atoms with Crippen LogP contribution in [0, 0.1) is 0 Å². The van der Waals surface area contributed by atoms with Gasteiger partial charge >= 0.3 is 0 Å². The Morgan fingerprint density at radius 2 is 1.65 bits per heavy atom. The van der Waals surface area contributed by atoms with Gasteiger partial charge in [0.25, 0.3) is 0 Å². The first-order valence-electron chi connectivity index (χ1n) is 5.87. The molecule has 17 heavy (non-hydrogen) atoms. The second-order valence-corrected chi connectivity index (χ2v) is 4.08. The van der Waals surface area contributed by atoms with Gasteiger partial charge in [-0.2, -0.15) is 0 Å². The van der Waals surface area contributed by atoms with Gasteiger partial charge in [0.05, 0.1) is 0 Å². The molecular weight excluding hydrogens is 210 g/mol. The van der Waals surface area contributed by atoms with E-state index in [2.05, 4.69) is 17.4 Å². The van der Waals surface area contributed by atoms with Crippen LogP contribution in [0.2, 0.25) is 0 Å². The molecule has 0 fully saturated rings. The van der Waals surface area contributed by atoms with E-state index in [1.807, 2.05) is 36.4 Å². The van der Waals surface area contributed by atoms with E-state index >= 15 is 0 Å². The molecule has 0 saturated heterocycles. The smallest absolute Gasteiger partial charge is 0.115 e. The Bertz CT molecular complexity index is 453. The molecule has 2 aromatic carbocycles. The third-order valence-electron chi connectivity index (χ3n) is 2.67. The molecule has 0 aliphatic carbocycles. The van der Waals surface area contributed by atoms with Gasteiger partial charge in [-0.1, -0.05) is 42.5 Å². The summed E-state index contributed by atoms with van der Waals surface area (Å²) in [4.78, 5) is 0. The highest BCUT2D eigenvalue weighted by molar-refractivity contribution is 5.27. The van der Waals surface area contributed by atoms with Crippen LogP contribution < -0.4 is 5.32 Å². The molecule has 0 aliphatic rings. The molecule has 0 amide bonds. The first-order chi connectivity index (χ1) is 8.34. The van der Waals surface area contributed by atoms with Gasteiger partial charge in [0.2, 0.25) is 0 Å². The van der Waals surface area contributed by atoms with E-state index < -0.39 is 0 Å². The van der Waals surface area contributed by atoms with Gasteiger partial charge in [0, 0.05) is 6.54 Å². The maximum atomic E-state index is 9.33. The van der Waals surface area contributed by atoms with Gasteiger partial charge in [-0.3, -0.25) is 0 Å². The fourth-order valence-electron chi connectivity index (χ4n) is 1.77. The number of rotatable bonds is 5. The summed E-state index contributed by atoms with van der Waals surface area (Å²) in [5.74, 6) is 0.338. The molecular formula is C15H17NO. The average molecular weight is 227 g/mol. The zero-order chi connectivity index (χ0) is 11.9. The summed E-state index contributed by atoms with van der Waals surface area (Å²) in [5, 5.41) is 12.7. The minimum atomic E-state index is 0.338. The van der Waals surface area contributed by atoms with Gasteiger partial charge in [0.15, 0.2) is 0 Å². The summed E-state index contributed by atoms with van der Waals surface area (Å²) in [6, 6.07) is 17.8. The normalized spacial score (nSPS) is 10.4. The van der Waals surface area contributed by atoms with E-state index in [9.17, 15) is 5.11 Å². The Hall–Kier alpha value is -1.80. The topological polar surface area (TPSA) is 32.3 Å². The van der Waals surface area contributed by atoms with Crippen LogP contribution in [-0.2, 0) is 13.0 Å². The third kappa shape index (κ3) is 3.93. The maximum Gasteiger partial charge on any atom is 0.115 e. The van der Waals surface area contributed by atoms with Crippen molar-refractivity contribution in [3.63, 3.8) is 0 Å². The van der Waals surface area contributed by atoms with Gasteiger partial charge in [-0.05, 0) is 36.2 Å². The predicted molar refractivity (Wildman–Crippen MR) is 70.0 cm³/mol. The molecule has 2 aromatic rings. The Kier molecular flexibility index (Phi) is 4.17. The first kappa shape index (κ1) is 11.7. The van der Waals surface area contributed by atoms with Gasteiger partial charge < -0.3 is 10.4 Å². The molecule has 2 N–H and O–H groups in total. The fraction of sp³-hybridized carbons (Fsp3) is 0.200. The molecule has 2 heteroatoms.